The molecule has 0 unspecified atom stereocenters. The Hall–Kier alpha value is -2.39. The highest BCUT2D eigenvalue weighted by Crippen LogP contribution is 2.35. The van der Waals surface area contributed by atoms with Gasteiger partial charge in [0.05, 0.1) is 10.7 Å². The first-order valence-corrected chi connectivity index (χ1v) is 6.83. The Morgan fingerprint density at radius 2 is 1.90 bits per heavy atom. The molecule has 0 saturated carbocycles. The minimum absolute atomic E-state index is 0.278. The van der Waals surface area contributed by atoms with Gasteiger partial charge in [0.15, 0.2) is 0 Å². The molecule has 4 aromatic rings. The lowest BCUT2D eigenvalue weighted by Gasteiger charge is -2.01. The van der Waals surface area contributed by atoms with Crippen molar-refractivity contribution in [3.8, 4) is 11.3 Å². The van der Waals surface area contributed by atoms with E-state index >= 15 is 0 Å². The molecule has 2 aromatic heterocycles. The molecule has 2 aromatic carbocycles. The summed E-state index contributed by atoms with van der Waals surface area (Å²) in [6, 6.07) is 13.9. The summed E-state index contributed by atoms with van der Waals surface area (Å²) in [5.74, 6) is -0.278. The van der Waals surface area contributed by atoms with Gasteiger partial charge in [-0.1, -0.05) is 23.7 Å². The topological polar surface area (TPSA) is 26.0 Å². The van der Waals surface area contributed by atoms with Crippen LogP contribution in [0.1, 0.15) is 0 Å². The Morgan fingerprint density at radius 1 is 1.00 bits per heavy atom. The van der Waals surface area contributed by atoms with Crippen molar-refractivity contribution in [1.29, 1.82) is 0 Å². The minimum atomic E-state index is -0.278. The Bertz CT molecular complexity index is 960. The SMILES string of the molecule is Fc1ccc2oc3c(-c4ccc(Cl)cn4)cccc3c2c1. The van der Waals surface area contributed by atoms with E-state index in [1.807, 2.05) is 24.3 Å². The van der Waals surface area contributed by atoms with E-state index in [1.165, 1.54) is 12.1 Å². The van der Waals surface area contributed by atoms with Crippen LogP contribution in [0.4, 0.5) is 4.39 Å². The van der Waals surface area contributed by atoms with Gasteiger partial charge in [-0.2, -0.15) is 0 Å². The van der Waals surface area contributed by atoms with Crippen molar-refractivity contribution in [2.24, 2.45) is 0 Å². The van der Waals surface area contributed by atoms with Crippen LogP contribution in [0.3, 0.4) is 0 Å². The van der Waals surface area contributed by atoms with Gasteiger partial charge in [-0.05, 0) is 36.4 Å². The van der Waals surface area contributed by atoms with Gasteiger partial charge in [-0.25, -0.2) is 4.39 Å². The molecule has 0 amide bonds. The van der Waals surface area contributed by atoms with Crippen LogP contribution in [0.15, 0.2) is 59.1 Å². The molecule has 0 aliphatic carbocycles. The second-order valence-corrected chi connectivity index (χ2v) is 5.22. The predicted octanol–water partition coefficient (Wildman–Crippen LogP) is 5.44. The number of furan rings is 1. The Kier molecular flexibility index (Phi) is 2.69. The van der Waals surface area contributed by atoms with E-state index in [9.17, 15) is 4.39 Å². The fraction of sp³-hybridized carbons (Fsp3) is 0. The normalized spacial score (nSPS) is 11.3. The van der Waals surface area contributed by atoms with Crippen LogP contribution in [-0.4, -0.2) is 4.98 Å². The number of fused-ring (bicyclic) bond motifs is 3. The van der Waals surface area contributed by atoms with Crippen LogP contribution in [0.5, 0.6) is 0 Å². The number of halogens is 2. The van der Waals surface area contributed by atoms with Gasteiger partial charge in [0.1, 0.15) is 17.0 Å². The van der Waals surface area contributed by atoms with Gasteiger partial charge >= 0.3 is 0 Å². The zero-order valence-electron chi connectivity index (χ0n) is 10.8. The lowest BCUT2D eigenvalue weighted by molar-refractivity contribution is 0.626. The monoisotopic (exact) mass is 297 g/mol. The van der Waals surface area contributed by atoms with Crippen LogP contribution in [-0.2, 0) is 0 Å². The molecule has 0 bridgehead atoms. The number of hydrogen-bond donors (Lipinski definition) is 0. The van der Waals surface area contributed by atoms with E-state index in [0.29, 0.717) is 16.2 Å². The standard InChI is InChI=1S/C17H9ClFNO/c18-10-4-6-15(20-9-10)13-3-1-2-12-14-8-11(19)5-7-16(14)21-17(12)13/h1-9H. The molecular formula is C17H9ClFNO. The third kappa shape index (κ3) is 1.98. The van der Waals surface area contributed by atoms with Crippen LogP contribution in [0, 0.1) is 5.82 Å². The highest BCUT2D eigenvalue weighted by atomic mass is 35.5. The molecule has 21 heavy (non-hydrogen) atoms. The van der Waals surface area contributed by atoms with Crippen LogP contribution < -0.4 is 0 Å². The van der Waals surface area contributed by atoms with E-state index in [4.69, 9.17) is 16.0 Å². The molecule has 2 nitrogen and oxygen atoms in total. The summed E-state index contributed by atoms with van der Waals surface area (Å²) >= 11 is 5.87. The summed E-state index contributed by atoms with van der Waals surface area (Å²) in [4.78, 5) is 4.32. The highest BCUT2D eigenvalue weighted by molar-refractivity contribution is 6.30. The minimum Gasteiger partial charge on any atom is -0.455 e. The Morgan fingerprint density at radius 3 is 2.71 bits per heavy atom. The maximum Gasteiger partial charge on any atom is 0.144 e. The van der Waals surface area contributed by atoms with E-state index in [-0.39, 0.29) is 5.82 Å². The van der Waals surface area contributed by atoms with E-state index in [2.05, 4.69) is 4.98 Å². The third-order valence-corrected chi connectivity index (χ3v) is 3.69. The number of nitrogens with zero attached hydrogens (tertiary/aromatic N) is 1. The van der Waals surface area contributed by atoms with Crippen LogP contribution in [0.2, 0.25) is 5.02 Å². The van der Waals surface area contributed by atoms with Crippen molar-refractivity contribution in [2.75, 3.05) is 0 Å². The van der Waals surface area contributed by atoms with Crippen molar-refractivity contribution in [3.05, 3.63) is 65.6 Å². The van der Waals surface area contributed by atoms with Gasteiger partial charge in [0, 0.05) is 22.5 Å². The number of aromatic nitrogens is 1. The maximum atomic E-state index is 13.4. The Labute approximate surface area is 124 Å². The first-order chi connectivity index (χ1) is 10.2. The van der Waals surface area contributed by atoms with Crippen LogP contribution in [0.25, 0.3) is 33.2 Å². The number of rotatable bonds is 1. The van der Waals surface area contributed by atoms with Gasteiger partial charge in [0.2, 0.25) is 0 Å². The molecule has 102 valence electrons. The van der Waals surface area contributed by atoms with E-state index in [0.717, 1.165) is 22.0 Å². The largest absolute Gasteiger partial charge is 0.455 e. The Balaban J connectivity index is 2.06. The second-order valence-electron chi connectivity index (χ2n) is 4.79. The van der Waals surface area contributed by atoms with Crippen molar-refractivity contribution >= 4 is 33.5 Å². The zero-order valence-corrected chi connectivity index (χ0v) is 11.6. The fourth-order valence-corrected chi connectivity index (χ4v) is 2.62. The molecule has 0 atom stereocenters. The predicted molar refractivity (Wildman–Crippen MR) is 81.9 cm³/mol. The average molecular weight is 298 g/mol. The first kappa shape index (κ1) is 12.4. The van der Waals surface area contributed by atoms with Gasteiger partial charge in [-0.3, -0.25) is 4.98 Å². The smallest absolute Gasteiger partial charge is 0.144 e. The van der Waals surface area contributed by atoms with Gasteiger partial charge in [0.25, 0.3) is 0 Å². The first-order valence-electron chi connectivity index (χ1n) is 6.45. The zero-order chi connectivity index (χ0) is 14.4. The maximum absolute atomic E-state index is 13.4. The van der Waals surface area contributed by atoms with Crippen LogP contribution >= 0.6 is 11.6 Å². The third-order valence-electron chi connectivity index (χ3n) is 3.46. The number of hydrogen-bond acceptors (Lipinski definition) is 2. The average Bonchev–Trinajstić information content (AvgIpc) is 2.86. The molecule has 4 heteroatoms. The molecule has 2 heterocycles. The van der Waals surface area contributed by atoms with E-state index < -0.39 is 0 Å². The summed E-state index contributed by atoms with van der Waals surface area (Å²) in [6.07, 6.45) is 1.60. The summed E-state index contributed by atoms with van der Waals surface area (Å²) < 4.78 is 19.3. The van der Waals surface area contributed by atoms with Gasteiger partial charge < -0.3 is 4.42 Å². The number of para-hydroxylation sites is 1. The molecule has 0 fully saturated rings. The quantitative estimate of drug-likeness (QED) is 0.467. The number of pyridine rings is 1. The highest BCUT2D eigenvalue weighted by Gasteiger charge is 2.13. The summed E-state index contributed by atoms with van der Waals surface area (Å²) in [5.41, 5.74) is 2.99. The summed E-state index contributed by atoms with van der Waals surface area (Å²) in [5, 5.41) is 2.22. The van der Waals surface area contributed by atoms with Crippen molar-refractivity contribution < 1.29 is 8.81 Å². The molecule has 0 aliphatic rings. The molecule has 0 spiro atoms. The molecular weight excluding hydrogens is 289 g/mol. The second kappa shape index (κ2) is 4.57. The van der Waals surface area contributed by atoms with Gasteiger partial charge in [-0.15, -0.1) is 0 Å². The number of benzene rings is 2. The molecule has 0 N–H and O–H groups in total. The van der Waals surface area contributed by atoms with Crippen molar-refractivity contribution in [3.63, 3.8) is 0 Å². The molecule has 4 rings (SSSR count). The lowest BCUT2D eigenvalue weighted by Crippen LogP contribution is -1.83. The summed E-state index contributed by atoms with van der Waals surface area (Å²) in [7, 11) is 0. The molecule has 0 radical (unpaired) electrons. The molecule has 0 aliphatic heterocycles. The fourth-order valence-electron chi connectivity index (χ4n) is 2.51. The lowest BCUT2D eigenvalue weighted by atomic mass is 10.1. The van der Waals surface area contributed by atoms with Crippen molar-refractivity contribution in [1.82, 2.24) is 4.98 Å². The molecule has 0 saturated heterocycles. The summed E-state index contributed by atoms with van der Waals surface area (Å²) in [6.45, 7) is 0. The van der Waals surface area contributed by atoms with Crippen molar-refractivity contribution in [2.45, 2.75) is 0 Å². The van der Waals surface area contributed by atoms with E-state index in [1.54, 1.807) is 18.3 Å².